The average molecular weight is 274 g/mol. The quantitative estimate of drug-likeness (QED) is 0.873. The van der Waals surface area contributed by atoms with Crippen LogP contribution < -0.4 is 4.90 Å². The maximum Gasteiger partial charge on any atom is 0.354 e. The highest BCUT2D eigenvalue weighted by atomic mass is 16.4. The van der Waals surface area contributed by atoms with Crippen LogP contribution in [-0.4, -0.2) is 40.4 Å². The maximum absolute atomic E-state index is 11.2. The molecule has 0 saturated carbocycles. The molecular formula is C15H18N2O3. The summed E-state index contributed by atoms with van der Waals surface area (Å²) in [4.78, 5) is 17.3. The zero-order chi connectivity index (χ0) is 14.7. The van der Waals surface area contributed by atoms with Gasteiger partial charge in [-0.15, -0.1) is 0 Å². The second-order valence-corrected chi connectivity index (χ2v) is 4.86. The molecule has 0 fully saturated rings. The van der Waals surface area contributed by atoms with E-state index < -0.39 is 5.97 Å². The molecule has 5 nitrogen and oxygen atoms in total. The largest absolute Gasteiger partial charge is 0.477 e. The van der Waals surface area contributed by atoms with Gasteiger partial charge in [-0.1, -0.05) is 18.2 Å². The van der Waals surface area contributed by atoms with Gasteiger partial charge in [-0.05, 0) is 26.0 Å². The maximum atomic E-state index is 11.2. The summed E-state index contributed by atoms with van der Waals surface area (Å²) in [6.07, 6.45) is 0. The summed E-state index contributed by atoms with van der Waals surface area (Å²) in [6.45, 7) is 4.47. The van der Waals surface area contributed by atoms with Crippen molar-refractivity contribution in [3.8, 4) is 0 Å². The first-order valence-corrected chi connectivity index (χ1v) is 6.55. The number of aliphatic hydroxyl groups is 1. The lowest BCUT2D eigenvalue weighted by atomic mass is 10.1. The van der Waals surface area contributed by atoms with Crippen molar-refractivity contribution >= 4 is 22.6 Å². The Bertz CT molecular complexity index is 626. The van der Waals surface area contributed by atoms with Crippen LogP contribution in [0.15, 0.2) is 30.3 Å². The number of rotatable bonds is 5. The molecule has 0 aliphatic rings. The van der Waals surface area contributed by atoms with E-state index >= 15 is 0 Å². The lowest BCUT2D eigenvalue weighted by Gasteiger charge is -2.29. The number of carbonyl (C=O) groups is 1. The van der Waals surface area contributed by atoms with Crippen LogP contribution in [0, 0.1) is 0 Å². The Kier molecular flexibility index (Phi) is 4.20. The van der Waals surface area contributed by atoms with Gasteiger partial charge in [0.25, 0.3) is 0 Å². The van der Waals surface area contributed by atoms with Gasteiger partial charge >= 0.3 is 5.97 Å². The highest BCUT2D eigenvalue weighted by Gasteiger charge is 2.17. The van der Waals surface area contributed by atoms with Crippen molar-refractivity contribution in [1.29, 1.82) is 0 Å². The monoisotopic (exact) mass is 274 g/mol. The first-order valence-electron chi connectivity index (χ1n) is 6.55. The van der Waals surface area contributed by atoms with Crippen LogP contribution in [0.4, 0.5) is 5.69 Å². The molecule has 1 heterocycles. The van der Waals surface area contributed by atoms with Crippen LogP contribution in [0.25, 0.3) is 10.9 Å². The first-order chi connectivity index (χ1) is 9.54. The molecule has 5 heteroatoms. The molecule has 0 aliphatic carbocycles. The second-order valence-electron chi connectivity index (χ2n) is 4.86. The van der Waals surface area contributed by atoms with Gasteiger partial charge in [-0.2, -0.15) is 0 Å². The van der Waals surface area contributed by atoms with Crippen molar-refractivity contribution in [3.63, 3.8) is 0 Å². The van der Waals surface area contributed by atoms with Crippen LogP contribution in [0.1, 0.15) is 24.3 Å². The number of aromatic carboxylic acids is 1. The molecule has 1 aromatic carbocycles. The number of nitrogens with zero attached hydrogens (tertiary/aromatic N) is 2. The number of carboxylic acid groups (broad SMARTS) is 1. The number of anilines is 1. The summed E-state index contributed by atoms with van der Waals surface area (Å²) in [5.41, 5.74) is 1.45. The molecule has 0 atom stereocenters. The zero-order valence-electron chi connectivity index (χ0n) is 11.6. The van der Waals surface area contributed by atoms with E-state index in [0.717, 1.165) is 11.1 Å². The van der Waals surface area contributed by atoms with Crippen molar-refractivity contribution in [2.24, 2.45) is 0 Å². The number of aromatic nitrogens is 1. The minimum Gasteiger partial charge on any atom is -0.477 e. The molecule has 0 amide bonds. The van der Waals surface area contributed by atoms with Gasteiger partial charge in [0.15, 0.2) is 5.69 Å². The van der Waals surface area contributed by atoms with Crippen LogP contribution in [0.3, 0.4) is 0 Å². The number of fused-ring (bicyclic) bond motifs is 1. The summed E-state index contributed by atoms with van der Waals surface area (Å²) >= 11 is 0. The fraction of sp³-hybridized carbons (Fsp3) is 0.333. The van der Waals surface area contributed by atoms with E-state index in [1.165, 1.54) is 0 Å². The predicted octanol–water partition coefficient (Wildman–Crippen LogP) is 2.14. The number of para-hydroxylation sites is 1. The Hall–Kier alpha value is -2.14. The van der Waals surface area contributed by atoms with E-state index in [9.17, 15) is 15.0 Å². The molecule has 106 valence electrons. The van der Waals surface area contributed by atoms with Gasteiger partial charge in [0.1, 0.15) is 0 Å². The van der Waals surface area contributed by atoms with E-state index in [2.05, 4.69) is 4.98 Å². The van der Waals surface area contributed by atoms with Gasteiger partial charge < -0.3 is 15.1 Å². The molecule has 2 aromatic rings. The van der Waals surface area contributed by atoms with Crippen molar-refractivity contribution in [2.45, 2.75) is 19.9 Å². The van der Waals surface area contributed by atoms with Crippen LogP contribution in [0.2, 0.25) is 0 Å². The Labute approximate surface area is 117 Å². The topological polar surface area (TPSA) is 73.7 Å². The Morgan fingerprint density at radius 1 is 1.35 bits per heavy atom. The summed E-state index contributed by atoms with van der Waals surface area (Å²) in [5.74, 6) is -1.05. The molecule has 0 radical (unpaired) electrons. The minimum absolute atomic E-state index is 0.0111. The number of carboxylic acids is 1. The molecule has 2 rings (SSSR count). The van der Waals surface area contributed by atoms with Gasteiger partial charge in [0.05, 0.1) is 12.1 Å². The average Bonchev–Trinajstić information content (AvgIpc) is 2.43. The standard InChI is InChI=1S/C15H18N2O3/c1-10(2)17(7-8-18)14-9-13(15(19)20)16-12-6-4-3-5-11(12)14/h3-6,9-10,18H,7-8H2,1-2H3,(H,19,20). The second kappa shape index (κ2) is 5.88. The SMILES string of the molecule is CC(C)N(CCO)c1cc(C(=O)O)nc2ccccc12. The Balaban J connectivity index is 2.67. The highest BCUT2D eigenvalue weighted by molar-refractivity contribution is 5.97. The summed E-state index contributed by atoms with van der Waals surface area (Å²) in [7, 11) is 0. The molecule has 0 saturated heterocycles. The fourth-order valence-corrected chi connectivity index (χ4v) is 2.27. The molecule has 2 N–H and O–H groups in total. The highest BCUT2D eigenvalue weighted by Crippen LogP contribution is 2.28. The number of hydrogen-bond donors (Lipinski definition) is 2. The van der Waals surface area contributed by atoms with Gasteiger partial charge in [-0.25, -0.2) is 9.78 Å². The molecule has 0 aliphatic heterocycles. The van der Waals surface area contributed by atoms with Crippen molar-refractivity contribution in [1.82, 2.24) is 4.98 Å². The Morgan fingerprint density at radius 2 is 2.05 bits per heavy atom. The van der Waals surface area contributed by atoms with Crippen molar-refractivity contribution in [3.05, 3.63) is 36.0 Å². The molecule has 0 bridgehead atoms. The number of aliphatic hydroxyl groups excluding tert-OH is 1. The normalized spacial score (nSPS) is 11.0. The van der Waals surface area contributed by atoms with Gasteiger partial charge in [-0.3, -0.25) is 0 Å². The zero-order valence-corrected chi connectivity index (χ0v) is 11.6. The molecular weight excluding hydrogens is 256 g/mol. The third-order valence-corrected chi connectivity index (χ3v) is 3.19. The summed E-state index contributed by atoms with van der Waals surface area (Å²) < 4.78 is 0. The van der Waals surface area contributed by atoms with Gasteiger partial charge in [0.2, 0.25) is 0 Å². The smallest absolute Gasteiger partial charge is 0.354 e. The summed E-state index contributed by atoms with van der Waals surface area (Å²) in [6, 6.07) is 9.15. The van der Waals surface area contributed by atoms with E-state index in [-0.39, 0.29) is 18.3 Å². The molecule has 1 aromatic heterocycles. The van der Waals surface area contributed by atoms with Crippen LogP contribution in [-0.2, 0) is 0 Å². The molecule has 0 spiro atoms. The van der Waals surface area contributed by atoms with Crippen molar-refractivity contribution in [2.75, 3.05) is 18.1 Å². The van der Waals surface area contributed by atoms with E-state index in [0.29, 0.717) is 12.1 Å². The fourth-order valence-electron chi connectivity index (χ4n) is 2.27. The third kappa shape index (κ3) is 2.72. The lowest BCUT2D eigenvalue weighted by Crippen LogP contribution is -2.33. The first kappa shape index (κ1) is 14.3. The molecule has 20 heavy (non-hydrogen) atoms. The number of hydrogen-bond acceptors (Lipinski definition) is 4. The van der Waals surface area contributed by atoms with E-state index in [4.69, 9.17) is 0 Å². The van der Waals surface area contributed by atoms with E-state index in [1.807, 2.05) is 36.9 Å². The minimum atomic E-state index is -1.05. The number of pyridine rings is 1. The number of benzene rings is 1. The third-order valence-electron chi connectivity index (χ3n) is 3.19. The van der Waals surface area contributed by atoms with E-state index in [1.54, 1.807) is 12.1 Å². The van der Waals surface area contributed by atoms with Crippen molar-refractivity contribution < 1.29 is 15.0 Å². The van der Waals surface area contributed by atoms with Crippen LogP contribution in [0.5, 0.6) is 0 Å². The predicted molar refractivity (Wildman–Crippen MR) is 78.3 cm³/mol. The summed E-state index contributed by atoms with van der Waals surface area (Å²) in [5, 5.41) is 19.3. The molecule has 0 unspecified atom stereocenters. The van der Waals surface area contributed by atoms with Gasteiger partial charge in [0, 0.05) is 23.7 Å². The van der Waals surface area contributed by atoms with Crippen LogP contribution >= 0.6 is 0 Å². The Morgan fingerprint density at radius 3 is 2.65 bits per heavy atom. The lowest BCUT2D eigenvalue weighted by molar-refractivity contribution is 0.0691.